The second kappa shape index (κ2) is 25.0. The van der Waals surface area contributed by atoms with Gasteiger partial charge in [-0.1, -0.05) is 254 Å². The van der Waals surface area contributed by atoms with E-state index in [1.54, 1.807) is 0 Å². The van der Waals surface area contributed by atoms with E-state index in [0.717, 1.165) is 79.0 Å². The predicted molar refractivity (Wildman–Crippen MR) is 526 cm³/mol. The Hall–Kier alpha value is -15.6. The zero-order valence-corrected chi connectivity index (χ0v) is 69.4. The van der Waals surface area contributed by atoms with Gasteiger partial charge in [-0.3, -0.25) is 0 Å². The van der Waals surface area contributed by atoms with Crippen molar-refractivity contribution in [2.45, 2.75) is 52.4 Å². The van der Waals surface area contributed by atoms with Gasteiger partial charge in [-0.2, -0.15) is 0 Å². The summed E-state index contributed by atoms with van der Waals surface area (Å²) in [4.78, 5) is 7.52. The smallest absolute Gasteiger partial charge is 0.0663 e. The number of fused-ring (bicyclic) bond motifs is 30. The molecule has 9 aromatic heterocycles. The first kappa shape index (κ1) is 69.2. The maximum absolute atomic E-state index is 2.64. The van der Waals surface area contributed by atoms with Crippen LogP contribution in [0.2, 0.25) is 0 Å². The summed E-state index contributed by atoms with van der Waals surface area (Å²) in [6, 6.07) is 142. The monoisotopic (exact) mass is 1580 g/mol. The molecular weight excluding hydrogens is 1510 g/mol. The lowest BCUT2D eigenvalue weighted by atomic mass is 9.86. The van der Waals surface area contributed by atoms with Crippen LogP contribution in [0.5, 0.6) is 0 Å². The molecule has 27 rings (SSSR count). The fourth-order valence-electron chi connectivity index (χ4n) is 22.3. The summed E-state index contributed by atoms with van der Waals surface area (Å²) >= 11 is 0. The molecule has 584 valence electrons. The minimum atomic E-state index is -0.103. The molecule has 0 radical (unpaired) electrons. The van der Waals surface area contributed by atoms with Gasteiger partial charge in [-0.25, -0.2) is 0 Å². The van der Waals surface area contributed by atoms with Crippen LogP contribution in [0.25, 0.3) is 191 Å². The Balaban J connectivity index is 0.675. The predicted octanol–water partition coefficient (Wildman–Crippen LogP) is 32.1. The number of hydrogen-bond donors (Lipinski definition) is 0. The molecule has 0 aliphatic rings. The molecule has 0 bridgehead atoms. The molecule has 9 heterocycles. The van der Waals surface area contributed by atoms with Crippen molar-refractivity contribution in [2.75, 3.05) is 14.7 Å². The maximum Gasteiger partial charge on any atom is 0.0663 e. The molecule has 0 saturated heterocycles. The van der Waals surface area contributed by atoms with Gasteiger partial charge in [0.05, 0.1) is 88.6 Å². The van der Waals surface area contributed by atoms with E-state index in [9.17, 15) is 0 Å². The van der Waals surface area contributed by atoms with E-state index >= 15 is 0 Å². The third kappa shape index (κ3) is 9.30. The standard InChI is InChI=1S/C116H80N8/c1-115(2,3)71-54-59-95-89(64-71)102-97(118(74-36-14-8-15-37-74)75-38-16-9-17-39-75)61-58-86-101-99(123(95)109(86)102)67-88-82-57-56-80(66-98(82)122-96-60-55-72(116(4,5)6)65-90(96)104(101)111(88)122)117(73-34-12-7-13-35-73)78-44-30-32-69(62-78)70-33-31-45-79(63-70)119(76-40-18-10-19-41-76)112-105-84-48-24-27-51-92(84)120(77-42-20-11-21-43-77)113(105)108-107-100(124-94-53-29-25-49-85(94)106(112)114(108)124)68-87-81-46-22-26-50-91(81)121-93-52-28-23-47-83(93)103(107)110(87)121/h7-68H,1-6H3. The van der Waals surface area contributed by atoms with Crippen molar-refractivity contribution in [3.63, 3.8) is 0 Å². The average Bonchev–Trinajstić information content (AvgIpc) is 1.48. The van der Waals surface area contributed by atoms with E-state index in [1.165, 1.54) is 174 Å². The number of para-hydroxylation sites is 9. The van der Waals surface area contributed by atoms with Gasteiger partial charge in [0, 0.05) is 142 Å². The van der Waals surface area contributed by atoms with E-state index in [-0.39, 0.29) is 10.8 Å². The van der Waals surface area contributed by atoms with Crippen LogP contribution < -0.4 is 14.7 Å². The number of nitrogens with zero attached hydrogens (tertiary/aromatic N) is 8. The molecule has 0 saturated carbocycles. The molecule has 0 unspecified atom stereocenters. The quantitative estimate of drug-likeness (QED) is 0.129. The van der Waals surface area contributed by atoms with Crippen LogP contribution in [-0.2, 0) is 10.8 Å². The molecule has 0 N–H and O–H groups in total. The summed E-state index contributed by atoms with van der Waals surface area (Å²) < 4.78 is 13.0. The van der Waals surface area contributed by atoms with E-state index in [2.05, 4.69) is 455 Å². The molecular formula is C116H80N8. The van der Waals surface area contributed by atoms with Crippen molar-refractivity contribution in [3.05, 3.63) is 387 Å². The fraction of sp³-hybridized carbons (Fsp3) is 0.0690. The van der Waals surface area contributed by atoms with Crippen molar-refractivity contribution < 1.29 is 0 Å². The molecule has 0 fully saturated rings. The van der Waals surface area contributed by atoms with Crippen LogP contribution in [0, 0.1) is 0 Å². The van der Waals surface area contributed by atoms with E-state index in [1.807, 2.05) is 0 Å². The Morgan fingerprint density at radius 3 is 1.15 bits per heavy atom. The molecule has 0 aliphatic carbocycles. The van der Waals surface area contributed by atoms with Crippen LogP contribution in [0.15, 0.2) is 376 Å². The van der Waals surface area contributed by atoms with Gasteiger partial charge in [0.25, 0.3) is 0 Å². The largest absolute Gasteiger partial charge is 0.310 e. The van der Waals surface area contributed by atoms with Gasteiger partial charge in [0.2, 0.25) is 0 Å². The van der Waals surface area contributed by atoms with Crippen LogP contribution in [-0.4, -0.2) is 22.2 Å². The second-order valence-corrected chi connectivity index (χ2v) is 36.3. The van der Waals surface area contributed by atoms with Gasteiger partial charge in [-0.05, 0) is 197 Å². The lowest BCUT2D eigenvalue weighted by Gasteiger charge is -2.28. The summed E-state index contributed by atoms with van der Waals surface area (Å²) in [6.07, 6.45) is 0. The van der Waals surface area contributed by atoms with E-state index in [0.29, 0.717) is 0 Å². The highest BCUT2D eigenvalue weighted by Crippen LogP contribution is 2.59. The van der Waals surface area contributed by atoms with Crippen molar-refractivity contribution in [2.24, 2.45) is 0 Å². The number of benzene rings is 18. The molecule has 0 amide bonds. The van der Waals surface area contributed by atoms with Crippen molar-refractivity contribution in [3.8, 4) is 16.8 Å². The van der Waals surface area contributed by atoms with Crippen LogP contribution in [0.3, 0.4) is 0 Å². The van der Waals surface area contributed by atoms with Crippen LogP contribution >= 0.6 is 0 Å². The van der Waals surface area contributed by atoms with Gasteiger partial charge in [-0.15, -0.1) is 0 Å². The highest BCUT2D eigenvalue weighted by atomic mass is 15.2. The molecule has 0 spiro atoms. The SMILES string of the molecule is CC(C)(C)c1ccc2c(c1)c1c(N(c3ccccc3)c3ccccc3)ccc3c4c5c6cc(C(C)(C)C)ccc6n6c7cc(N(c8ccccc8)c8cccc(-c9cccc(N(c%10ccccc%10)c%10c%11c%12ccccc%12n(-c%12ccccc%12)c%11c%11c%12c%13c%14ccccc%14n%14c%15ccccc%15c(cc%12n%12c%15ccccc%15c%10c%11%12)c%13%14)c9)c8)ccc7c(cc4n2c31)c56. The van der Waals surface area contributed by atoms with E-state index in [4.69, 9.17) is 0 Å². The summed E-state index contributed by atoms with van der Waals surface area (Å²) in [5, 5.41) is 22.4. The van der Waals surface area contributed by atoms with Gasteiger partial charge in [0.15, 0.2) is 0 Å². The molecule has 124 heavy (non-hydrogen) atoms. The first-order valence-corrected chi connectivity index (χ1v) is 43.4. The van der Waals surface area contributed by atoms with Crippen molar-refractivity contribution in [1.29, 1.82) is 0 Å². The van der Waals surface area contributed by atoms with Gasteiger partial charge in [0.1, 0.15) is 0 Å². The van der Waals surface area contributed by atoms with E-state index < -0.39 is 0 Å². The summed E-state index contributed by atoms with van der Waals surface area (Å²) in [7, 11) is 0. The summed E-state index contributed by atoms with van der Waals surface area (Å²) in [6.45, 7) is 14.0. The van der Waals surface area contributed by atoms with Crippen molar-refractivity contribution in [1.82, 2.24) is 22.2 Å². The molecule has 0 aliphatic heterocycles. The van der Waals surface area contributed by atoms with Crippen LogP contribution in [0.1, 0.15) is 52.7 Å². The Bertz CT molecular complexity index is 9090. The number of rotatable bonds is 11. The number of anilines is 9. The topological polar surface area (TPSA) is 32.3 Å². The van der Waals surface area contributed by atoms with Crippen LogP contribution in [0.4, 0.5) is 51.2 Å². The number of aromatic nitrogens is 5. The first-order valence-electron chi connectivity index (χ1n) is 43.4. The molecule has 8 heteroatoms. The van der Waals surface area contributed by atoms with Gasteiger partial charge >= 0.3 is 0 Å². The Kier molecular flexibility index (Phi) is 14.0. The third-order valence-electron chi connectivity index (χ3n) is 27.5. The fourth-order valence-corrected chi connectivity index (χ4v) is 22.3. The summed E-state index contributed by atoms with van der Waals surface area (Å²) in [5.41, 5.74) is 32.4. The zero-order valence-electron chi connectivity index (χ0n) is 69.4. The highest BCUT2D eigenvalue weighted by Gasteiger charge is 2.36. The maximum atomic E-state index is 2.64. The third-order valence-corrected chi connectivity index (χ3v) is 27.5. The highest BCUT2D eigenvalue weighted by molar-refractivity contribution is 6.46. The molecule has 18 aromatic carbocycles. The Labute approximate surface area is 713 Å². The minimum Gasteiger partial charge on any atom is -0.310 e. The molecule has 27 aromatic rings. The van der Waals surface area contributed by atoms with Gasteiger partial charge < -0.3 is 36.9 Å². The lowest BCUT2D eigenvalue weighted by Crippen LogP contribution is -2.11. The Morgan fingerprint density at radius 2 is 0.581 bits per heavy atom. The lowest BCUT2D eigenvalue weighted by molar-refractivity contribution is 0.591. The minimum absolute atomic E-state index is 0.0785. The molecule has 8 nitrogen and oxygen atoms in total. The normalized spacial score (nSPS) is 12.8. The zero-order chi connectivity index (χ0) is 82.0. The molecule has 0 atom stereocenters. The second-order valence-electron chi connectivity index (χ2n) is 36.3. The first-order chi connectivity index (χ1) is 60.9. The Morgan fingerprint density at radius 1 is 0.194 bits per heavy atom. The van der Waals surface area contributed by atoms with Crippen molar-refractivity contribution >= 4 is 225 Å². The average molecular weight is 1590 g/mol. The summed E-state index contributed by atoms with van der Waals surface area (Å²) in [5.74, 6) is 0. The number of hydrogen-bond acceptors (Lipinski definition) is 3.